The topological polar surface area (TPSA) is 65.9 Å². The number of imide groups is 1. The maximum Gasteiger partial charge on any atom is 0.321 e. The molecular weight excluding hydrogens is 292 g/mol. The van der Waals surface area contributed by atoms with Crippen LogP contribution in [0.25, 0.3) is 0 Å². The maximum absolute atomic E-state index is 12.0. The molecule has 1 saturated carbocycles. The Bertz CT molecular complexity index is 538. The number of benzene rings is 1. The summed E-state index contributed by atoms with van der Waals surface area (Å²) in [6.45, 7) is 3.93. The molecule has 0 radical (unpaired) electrons. The highest BCUT2D eigenvalue weighted by molar-refractivity contribution is 5.94. The van der Waals surface area contributed by atoms with E-state index in [0.717, 1.165) is 36.5 Å². The van der Waals surface area contributed by atoms with E-state index in [1.807, 2.05) is 21.0 Å². The Kier molecular flexibility index (Phi) is 5.98. The molecule has 0 heterocycles. The molecular formula is C17H27N4O2+. The fraction of sp³-hybridized carbons (Fsp3) is 0.529. The van der Waals surface area contributed by atoms with Crippen LogP contribution in [0.5, 0.6) is 0 Å². The quantitative estimate of drug-likeness (QED) is 0.670. The number of urea groups is 1. The SMILES string of the molecule is CC[NH+](CC(=O)NC(=O)NC1CC1)Cc1ccc(N(C)C)cc1. The molecule has 0 spiro atoms. The van der Waals surface area contributed by atoms with Gasteiger partial charge in [-0.2, -0.15) is 0 Å². The summed E-state index contributed by atoms with van der Waals surface area (Å²) in [4.78, 5) is 26.7. The number of amides is 3. The van der Waals surface area contributed by atoms with Gasteiger partial charge in [-0.3, -0.25) is 10.1 Å². The van der Waals surface area contributed by atoms with Gasteiger partial charge in [0.2, 0.25) is 0 Å². The van der Waals surface area contributed by atoms with Gasteiger partial charge in [-0.05, 0) is 31.9 Å². The van der Waals surface area contributed by atoms with Crippen molar-refractivity contribution in [1.29, 1.82) is 0 Å². The lowest BCUT2D eigenvalue weighted by molar-refractivity contribution is -0.904. The van der Waals surface area contributed by atoms with Crippen LogP contribution in [0.4, 0.5) is 10.5 Å². The minimum absolute atomic E-state index is 0.232. The standard InChI is InChI=1S/C17H26N4O2/c1-4-21(11-13-5-9-15(10-6-13)20(2)3)12-16(22)19-17(23)18-14-7-8-14/h5-6,9-10,14H,4,7-8,11-12H2,1-3H3,(H2,18,19,22,23)/p+1. The highest BCUT2D eigenvalue weighted by Gasteiger charge is 2.24. The van der Waals surface area contributed by atoms with Crippen molar-refractivity contribution in [1.82, 2.24) is 10.6 Å². The molecule has 23 heavy (non-hydrogen) atoms. The number of nitrogens with zero attached hydrogens (tertiary/aromatic N) is 1. The van der Waals surface area contributed by atoms with Gasteiger partial charge in [-0.15, -0.1) is 0 Å². The number of nitrogens with one attached hydrogen (secondary N) is 3. The summed E-state index contributed by atoms with van der Waals surface area (Å²) in [5.41, 5.74) is 2.34. The van der Waals surface area contributed by atoms with Crippen molar-refractivity contribution in [3.63, 3.8) is 0 Å². The average molecular weight is 319 g/mol. The predicted octanol–water partition coefficient (Wildman–Crippen LogP) is 0.146. The Labute approximate surface area is 137 Å². The van der Waals surface area contributed by atoms with Crippen LogP contribution < -0.4 is 20.4 Å². The van der Waals surface area contributed by atoms with Crippen molar-refractivity contribution in [2.24, 2.45) is 0 Å². The molecule has 1 aromatic carbocycles. The van der Waals surface area contributed by atoms with Gasteiger partial charge in [0, 0.05) is 31.4 Å². The van der Waals surface area contributed by atoms with Crippen LogP contribution in [0.1, 0.15) is 25.3 Å². The number of carbonyl (C=O) groups is 2. The van der Waals surface area contributed by atoms with E-state index < -0.39 is 0 Å². The molecule has 6 nitrogen and oxygen atoms in total. The Morgan fingerprint density at radius 2 is 1.87 bits per heavy atom. The van der Waals surface area contributed by atoms with E-state index in [1.54, 1.807) is 0 Å². The molecule has 126 valence electrons. The Balaban J connectivity index is 1.81. The minimum atomic E-state index is -0.372. The largest absolute Gasteiger partial charge is 0.378 e. The van der Waals surface area contributed by atoms with Crippen molar-refractivity contribution < 1.29 is 14.5 Å². The van der Waals surface area contributed by atoms with Crippen molar-refractivity contribution >= 4 is 17.6 Å². The number of rotatable bonds is 7. The molecule has 3 amide bonds. The van der Waals surface area contributed by atoms with E-state index in [4.69, 9.17) is 0 Å². The zero-order chi connectivity index (χ0) is 16.8. The summed E-state index contributed by atoms with van der Waals surface area (Å²) in [6.07, 6.45) is 2.02. The van der Waals surface area contributed by atoms with E-state index in [1.165, 1.54) is 5.56 Å². The first-order valence-electron chi connectivity index (χ1n) is 8.18. The summed E-state index contributed by atoms with van der Waals surface area (Å²) >= 11 is 0. The van der Waals surface area contributed by atoms with Crippen LogP contribution in [0.3, 0.4) is 0 Å². The molecule has 0 saturated heterocycles. The number of hydrogen-bond acceptors (Lipinski definition) is 3. The van der Waals surface area contributed by atoms with Crippen LogP contribution in [0, 0.1) is 0 Å². The molecule has 1 aliphatic rings. The van der Waals surface area contributed by atoms with Crippen molar-refractivity contribution in [2.45, 2.75) is 32.4 Å². The Morgan fingerprint density at radius 3 is 2.39 bits per heavy atom. The second-order valence-corrected chi connectivity index (χ2v) is 6.31. The van der Waals surface area contributed by atoms with Crippen LogP contribution in [-0.4, -0.2) is 45.2 Å². The van der Waals surface area contributed by atoms with Gasteiger partial charge in [0.25, 0.3) is 5.91 Å². The van der Waals surface area contributed by atoms with Crippen LogP contribution in [0.15, 0.2) is 24.3 Å². The molecule has 0 bridgehead atoms. The van der Waals surface area contributed by atoms with E-state index >= 15 is 0 Å². The molecule has 0 aliphatic heterocycles. The third kappa shape index (κ3) is 5.90. The van der Waals surface area contributed by atoms with Gasteiger partial charge in [0.15, 0.2) is 6.54 Å². The van der Waals surface area contributed by atoms with Gasteiger partial charge in [-0.25, -0.2) is 4.79 Å². The molecule has 1 fully saturated rings. The summed E-state index contributed by atoms with van der Waals surface area (Å²) in [6, 6.07) is 8.21. The first-order valence-corrected chi connectivity index (χ1v) is 8.18. The molecule has 0 aromatic heterocycles. The second-order valence-electron chi connectivity index (χ2n) is 6.31. The zero-order valence-corrected chi connectivity index (χ0v) is 14.2. The number of hydrogen-bond donors (Lipinski definition) is 3. The third-order valence-corrected chi connectivity index (χ3v) is 3.98. The van der Waals surface area contributed by atoms with Crippen LogP contribution >= 0.6 is 0 Å². The van der Waals surface area contributed by atoms with E-state index in [9.17, 15) is 9.59 Å². The fourth-order valence-electron chi connectivity index (χ4n) is 2.36. The number of likely N-dealkylation sites (N-methyl/N-ethyl adjacent to an activating group) is 1. The minimum Gasteiger partial charge on any atom is -0.378 e. The Morgan fingerprint density at radius 1 is 1.22 bits per heavy atom. The summed E-state index contributed by atoms with van der Waals surface area (Å²) < 4.78 is 0. The van der Waals surface area contributed by atoms with Crippen LogP contribution in [0.2, 0.25) is 0 Å². The lowest BCUT2D eigenvalue weighted by Gasteiger charge is -2.18. The summed E-state index contributed by atoms with van der Waals surface area (Å²) in [5, 5.41) is 5.17. The summed E-state index contributed by atoms with van der Waals surface area (Å²) in [5.74, 6) is -0.232. The van der Waals surface area contributed by atoms with E-state index in [0.29, 0.717) is 6.54 Å². The number of anilines is 1. The van der Waals surface area contributed by atoms with Gasteiger partial charge >= 0.3 is 6.03 Å². The van der Waals surface area contributed by atoms with Gasteiger partial charge in [0.05, 0.1) is 6.54 Å². The zero-order valence-electron chi connectivity index (χ0n) is 14.2. The molecule has 1 atom stereocenters. The van der Waals surface area contributed by atoms with Crippen LogP contribution in [-0.2, 0) is 11.3 Å². The second kappa shape index (κ2) is 7.97. The fourth-order valence-corrected chi connectivity index (χ4v) is 2.36. The van der Waals surface area contributed by atoms with Gasteiger partial charge in [-0.1, -0.05) is 12.1 Å². The molecule has 1 aromatic rings. The summed E-state index contributed by atoms with van der Waals surface area (Å²) in [7, 11) is 4.02. The molecule has 1 unspecified atom stereocenters. The lowest BCUT2D eigenvalue weighted by Crippen LogP contribution is -3.11. The highest BCUT2D eigenvalue weighted by atomic mass is 16.2. The van der Waals surface area contributed by atoms with E-state index in [-0.39, 0.29) is 18.0 Å². The highest BCUT2D eigenvalue weighted by Crippen LogP contribution is 2.18. The number of quaternary nitrogens is 1. The smallest absolute Gasteiger partial charge is 0.321 e. The van der Waals surface area contributed by atoms with Gasteiger partial charge in [0.1, 0.15) is 6.54 Å². The van der Waals surface area contributed by atoms with Crippen molar-refractivity contribution in [3.8, 4) is 0 Å². The number of carbonyl (C=O) groups excluding carboxylic acids is 2. The average Bonchev–Trinajstić information content (AvgIpc) is 3.30. The van der Waals surface area contributed by atoms with Gasteiger partial charge < -0.3 is 15.1 Å². The first kappa shape index (κ1) is 17.3. The van der Waals surface area contributed by atoms with Crippen molar-refractivity contribution in [3.05, 3.63) is 29.8 Å². The maximum atomic E-state index is 12.0. The Hall–Kier alpha value is -2.08. The van der Waals surface area contributed by atoms with E-state index in [2.05, 4.69) is 39.8 Å². The molecule has 1 aliphatic carbocycles. The monoisotopic (exact) mass is 319 g/mol. The first-order chi connectivity index (χ1) is 11.0. The normalized spacial score (nSPS) is 14.9. The third-order valence-electron chi connectivity index (χ3n) is 3.98. The predicted molar refractivity (Wildman–Crippen MR) is 90.5 cm³/mol. The van der Waals surface area contributed by atoms with Crippen molar-refractivity contribution in [2.75, 3.05) is 32.1 Å². The molecule has 6 heteroatoms. The lowest BCUT2D eigenvalue weighted by atomic mass is 10.2. The molecule has 2 rings (SSSR count). The molecule has 3 N–H and O–H groups in total.